The molecule has 90 valence electrons. The van der Waals surface area contributed by atoms with Crippen LogP contribution in [0.15, 0.2) is 30.3 Å². The molecule has 0 saturated carbocycles. The Hall–Kier alpha value is -1.43. The highest BCUT2D eigenvalue weighted by Gasteiger charge is 1.93. The topological polar surface area (TPSA) is 87.0 Å². The number of carbonyl (C=O) groups excluding carboxylic acids is 1. The molecule has 0 saturated heterocycles. The predicted octanol–water partition coefficient (Wildman–Crippen LogP) is -0.309. The molecule has 1 aromatic carbocycles. The van der Waals surface area contributed by atoms with E-state index < -0.39 is 6.10 Å². The van der Waals surface area contributed by atoms with Crippen LogP contribution in [-0.4, -0.2) is 41.1 Å². The highest BCUT2D eigenvalue weighted by atomic mass is 16.5. The fraction of sp³-hybridized carbons (Fsp3) is 0.364. The van der Waals surface area contributed by atoms with Crippen molar-refractivity contribution >= 4 is 6.47 Å². The lowest BCUT2D eigenvalue weighted by atomic mass is 10.2. The van der Waals surface area contributed by atoms with E-state index in [-0.39, 0.29) is 13.2 Å². The molecule has 5 nitrogen and oxygen atoms in total. The van der Waals surface area contributed by atoms with Crippen LogP contribution in [0.25, 0.3) is 0 Å². The Kier molecular flexibility index (Phi) is 9.20. The average Bonchev–Trinajstić information content (AvgIpc) is 2.37. The van der Waals surface area contributed by atoms with E-state index >= 15 is 0 Å². The van der Waals surface area contributed by atoms with Gasteiger partial charge >= 0.3 is 0 Å². The SMILES string of the molecule is O=COCc1ccccc1.OCC(O)CO. The van der Waals surface area contributed by atoms with Gasteiger partial charge in [0.25, 0.3) is 6.47 Å². The molecular weight excluding hydrogens is 212 g/mol. The molecule has 0 aromatic heterocycles. The monoisotopic (exact) mass is 228 g/mol. The number of hydrogen-bond acceptors (Lipinski definition) is 5. The van der Waals surface area contributed by atoms with Gasteiger partial charge in [-0.05, 0) is 5.56 Å². The highest BCUT2D eigenvalue weighted by molar-refractivity contribution is 5.37. The molecule has 0 aliphatic carbocycles. The van der Waals surface area contributed by atoms with Gasteiger partial charge in [0.05, 0.1) is 13.2 Å². The van der Waals surface area contributed by atoms with Gasteiger partial charge < -0.3 is 20.1 Å². The Labute approximate surface area is 93.9 Å². The maximum atomic E-state index is 9.76. The number of rotatable bonds is 5. The summed E-state index contributed by atoms with van der Waals surface area (Å²) in [5.41, 5.74) is 1.01. The Morgan fingerprint density at radius 2 is 1.75 bits per heavy atom. The zero-order chi connectivity index (χ0) is 12.2. The molecule has 0 fully saturated rings. The minimum absolute atomic E-state index is 0.365. The molecule has 3 N–H and O–H groups in total. The van der Waals surface area contributed by atoms with Crippen molar-refractivity contribution in [3.05, 3.63) is 35.9 Å². The molecule has 0 heterocycles. The Bertz CT molecular complexity index is 258. The molecule has 0 amide bonds. The molecule has 0 aliphatic rings. The first-order valence-corrected chi connectivity index (χ1v) is 4.73. The van der Waals surface area contributed by atoms with Crippen LogP contribution in [0.2, 0.25) is 0 Å². The van der Waals surface area contributed by atoms with Crippen LogP contribution in [-0.2, 0) is 16.1 Å². The fourth-order valence-electron chi connectivity index (χ4n) is 0.762. The van der Waals surface area contributed by atoms with Gasteiger partial charge in [-0.1, -0.05) is 30.3 Å². The first-order chi connectivity index (χ1) is 7.74. The largest absolute Gasteiger partial charge is 0.463 e. The van der Waals surface area contributed by atoms with E-state index in [0.29, 0.717) is 13.1 Å². The summed E-state index contributed by atoms with van der Waals surface area (Å²) in [4.78, 5) is 9.76. The van der Waals surface area contributed by atoms with E-state index in [1.54, 1.807) is 0 Å². The number of hydrogen-bond donors (Lipinski definition) is 3. The van der Waals surface area contributed by atoms with Crippen molar-refractivity contribution in [3.8, 4) is 0 Å². The predicted molar refractivity (Wildman–Crippen MR) is 57.5 cm³/mol. The molecule has 0 atom stereocenters. The van der Waals surface area contributed by atoms with Crippen LogP contribution >= 0.6 is 0 Å². The standard InChI is InChI=1S/C8H8O2.C3H8O3/c9-7-10-6-8-4-2-1-3-5-8;4-1-3(6)2-5/h1-5,7H,6H2;3-6H,1-2H2. The van der Waals surface area contributed by atoms with Crippen LogP contribution in [0.4, 0.5) is 0 Å². The number of aliphatic hydroxyl groups excluding tert-OH is 3. The summed E-state index contributed by atoms with van der Waals surface area (Å²) >= 11 is 0. The summed E-state index contributed by atoms with van der Waals surface area (Å²) in [6, 6.07) is 9.55. The first kappa shape index (κ1) is 14.6. The van der Waals surface area contributed by atoms with Crippen molar-refractivity contribution in [3.63, 3.8) is 0 Å². The molecular formula is C11H16O5. The van der Waals surface area contributed by atoms with Crippen molar-refractivity contribution in [1.29, 1.82) is 0 Å². The van der Waals surface area contributed by atoms with Crippen molar-refractivity contribution in [1.82, 2.24) is 0 Å². The lowest BCUT2D eigenvalue weighted by molar-refractivity contribution is -0.129. The van der Waals surface area contributed by atoms with Crippen LogP contribution < -0.4 is 0 Å². The van der Waals surface area contributed by atoms with Crippen LogP contribution in [0, 0.1) is 0 Å². The fourth-order valence-corrected chi connectivity index (χ4v) is 0.762. The van der Waals surface area contributed by atoms with E-state index in [2.05, 4.69) is 4.74 Å². The third-order valence-corrected chi connectivity index (χ3v) is 1.58. The smallest absolute Gasteiger partial charge is 0.293 e. The molecule has 0 unspecified atom stereocenters. The molecule has 0 aliphatic heterocycles. The summed E-state index contributed by atoms with van der Waals surface area (Å²) in [6.07, 6.45) is -0.954. The normalized spacial score (nSPS) is 9.25. The van der Waals surface area contributed by atoms with Crippen molar-refractivity contribution in [2.75, 3.05) is 13.2 Å². The zero-order valence-electron chi connectivity index (χ0n) is 8.82. The molecule has 5 heteroatoms. The third kappa shape index (κ3) is 7.93. The zero-order valence-corrected chi connectivity index (χ0v) is 8.82. The van der Waals surface area contributed by atoms with Gasteiger partial charge in [0, 0.05) is 0 Å². The number of ether oxygens (including phenoxy) is 1. The van der Waals surface area contributed by atoms with Gasteiger partial charge in [0.15, 0.2) is 0 Å². The molecule has 1 aromatic rings. The quantitative estimate of drug-likeness (QED) is 0.602. The van der Waals surface area contributed by atoms with E-state index in [9.17, 15) is 4.79 Å². The molecule has 0 bridgehead atoms. The van der Waals surface area contributed by atoms with E-state index in [1.807, 2.05) is 30.3 Å². The average molecular weight is 228 g/mol. The lowest BCUT2D eigenvalue weighted by Crippen LogP contribution is -2.15. The summed E-state index contributed by atoms with van der Waals surface area (Å²) < 4.78 is 4.54. The Morgan fingerprint density at radius 3 is 2.12 bits per heavy atom. The second kappa shape index (κ2) is 10.1. The van der Waals surface area contributed by atoms with Gasteiger partial charge in [0.2, 0.25) is 0 Å². The lowest BCUT2D eigenvalue weighted by Gasteiger charge is -1.96. The molecule has 1 rings (SSSR count). The van der Waals surface area contributed by atoms with Gasteiger partial charge in [-0.15, -0.1) is 0 Å². The number of aliphatic hydroxyl groups is 3. The molecule has 16 heavy (non-hydrogen) atoms. The van der Waals surface area contributed by atoms with Crippen molar-refractivity contribution in [2.24, 2.45) is 0 Å². The molecule has 0 spiro atoms. The maximum absolute atomic E-state index is 9.76. The van der Waals surface area contributed by atoms with Crippen LogP contribution in [0.3, 0.4) is 0 Å². The van der Waals surface area contributed by atoms with E-state index in [4.69, 9.17) is 15.3 Å². The first-order valence-electron chi connectivity index (χ1n) is 4.73. The van der Waals surface area contributed by atoms with Gasteiger partial charge in [-0.2, -0.15) is 0 Å². The van der Waals surface area contributed by atoms with E-state index in [0.717, 1.165) is 5.56 Å². The summed E-state index contributed by atoms with van der Waals surface area (Å²) in [5.74, 6) is 0. The van der Waals surface area contributed by atoms with Crippen molar-refractivity contribution in [2.45, 2.75) is 12.7 Å². The maximum Gasteiger partial charge on any atom is 0.293 e. The van der Waals surface area contributed by atoms with Gasteiger partial charge in [0.1, 0.15) is 12.7 Å². The van der Waals surface area contributed by atoms with E-state index in [1.165, 1.54) is 0 Å². The van der Waals surface area contributed by atoms with Gasteiger partial charge in [-0.25, -0.2) is 0 Å². The Morgan fingerprint density at radius 1 is 1.19 bits per heavy atom. The second-order valence-electron chi connectivity index (χ2n) is 2.91. The summed E-state index contributed by atoms with van der Waals surface area (Å²) in [7, 11) is 0. The summed E-state index contributed by atoms with van der Waals surface area (Å²) in [6.45, 7) is 0.0876. The van der Waals surface area contributed by atoms with Crippen LogP contribution in [0.1, 0.15) is 5.56 Å². The summed E-state index contributed by atoms with van der Waals surface area (Å²) in [5, 5.41) is 24.0. The van der Waals surface area contributed by atoms with Crippen LogP contribution in [0.5, 0.6) is 0 Å². The minimum Gasteiger partial charge on any atom is -0.463 e. The minimum atomic E-state index is -0.954. The number of benzene rings is 1. The Balaban J connectivity index is 0.000000325. The van der Waals surface area contributed by atoms with Crippen molar-refractivity contribution < 1.29 is 24.9 Å². The second-order valence-corrected chi connectivity index (χ2v) is 2.91. The number of carbonyl (C=O) groups is 1. The third-order valence-electron chi connectivity index (χ3n) is 1.58. The molecule has 0 radical (unpaired) electrons. The van der Waals surface area contributed by atoms with Gasteiger partial charge in [-0.3, -0.25) is 4.79 Å². The highest BCUT2D eigenvalue weighted by Crippen LogP contribution is 1.98.